The number of halogens is 2. The zero-order chi connectivity index (χ0) is 87.8. The summed E-state index contributed by atoms with van der Waals surface area (Å²) >= 11 is 0. The molecule has 0 aliphatic carbocycles. The van der Waals surface area contributed by atoms with E-state index in [2.05, 4.69) is 159 Å². The number of nitrogens with one attached hydrogen (secondary N) is 4. The molecular formula is C94H98F2N24O4. The van der Waals surface area contributed by atoms with Crippen molar-refractivity contribution in [3.05, 3.63) is 333 Å². The van der Waals surface area contributed by atoms with E-state index in [0.717, 1.165) is 90.5 Å². The van der Waals surface area contributed by atoms with Crippen LogP contribution in [0.15, 0.2) is 220 Å². The molecule has 8 N–H and O–H groups in total. The Bertz CT molecular complexity index is 6370. The predicted molar refractivity (Wildman–Crippen MR) is 474 cm³/mol. The van der Waals surface area contributed by atoms with Crippen LogP contribution in [-0.2, 0) is 26.4 Å². The van der Waals surface area contributed by atoms with Crippen LogP contribution in [0.5, 0.6) is 0 Å². The van der Waals surface area contributed by atoms with Gasteiger partial charge in [0.2, 0.25) is 0 Å². The molecule has 124 heavy (non-hydrogen) atoms. The van der Waals surface area contributed by atoms with Crippen molar-refractivity contribution in [1.29, 1.82) is 0 Å². The Morgan fingerprint density at radius 2 is 0.581 bits per heavy atom. The van der Waals surface area contributed by atoms with Crippen LogP contribution in [0, 0.1) is 80.9 Å². The van der Waals surface area contributed by atoms with E-state index in [1.807, 2.05) is 215 Å². The molecule has 28 nitrogen and oxygen atoms in total. The van der Waals surface area contributed by atoms with E-state index >= 15 is 0 Å². The minimum absolute atomic E-state index is 0.0646. The van der Waals surface area contributed by atoms with Crippen LogP contribution in [0.25, 0.3) is 68.3 Å². The standard InChI is InChI=1S/C24H25FN6O.C24H26N6O.C23H23FN6O.C23H24N6O/c1-14-9-18(5-6-19(14)25)17(4)27-24-15(2)10-21(29-30-24)20-7-8-23(22(12-32)28-20)31-11-16(3)26-13-31;1-15-5-7-19(8-6-15)18(4)26-24-16(2)11-21(28-29-24)20-9-10-23(22(13-31)27-20)30-12-17(3)25-14-30;1-14-9-20(28-29-23(14)26-16(3)17-5-4-6-18(24)10-17)19-7-8-22(21(12-31)27-19)30-11-15(2)25-13-30;1-15-11-20(27-28-23(15)25-17(3)18-7-5-4-6-8-18)19-9-10-22(21(13-30)26-19)29-12-16(2)24-14-29/h5-11,13,17,32H,12H2,1-4H3,(H,27,30);5-12,14,18,31H,13H2,1-4H3,(H,26,29);4-11,13,16,31H,12H2,1-3H3,(H,26,29);4-12,14,17,30H,13H2,1-3H3,(H,25,28)/t17-;18-;16-;17-/m0000/s1. The summed E-state index contributed by atoms with van der Waals surface area (Å²) in [6, 6.07) is 53.0. The molecule has 16 rings (SSSR count). The first-order chi connectivity index (χ1) is 59.8. The Balaban J connectivity index is 0.000000142. The van der Waals surface area contributed by atoms with Gasteiger partial charge in [0.05, 0.1) is 167 Å². The van der Waals surface area contributed by atoms with Gasteiger partial charge in [-0.2, -0.15) is 0 Å². The van der Waals surface area contributed by atoms with Gasteiger partial charge in [-0.15, -0.1) is 40.8 Å². The van der Waals surface area contributed by atoms with Gasteiger partial charge in [0.15, 0.2) is 23.3 Å². The predicted octanol–water partition coefficient (Wildman–Crippen LogP) is 16.9. The highest BCUT2D eigenvalue weighted by molar-refractivity contribution is 5.65. The van der Waals surface area contributed by atoms with Crippen LogP contribution >= 0.6 is 0 Å². The van der Waals surface area contributed by atoms with Crippen molar-refractivity contribution >= 4 is 23.3 Å². The second kappa shape index (κ2) is 39.8. The maximum atomic E-state index is 13.6. The summed E-state index contributed by atoms with van der Waals surface area (Å²) in [5, 5.41) is 87.6. The molecule has 30 heteroatoms. The topological polar surface area (TPSA) is 355 Å². The lowest BCUT2D eigenvalue weighted by atomic mass is 10.1. The first-order valence-electron chi connectivity index (χ1n) is 40.3. The number of aliphatic hydroxyl groups excluding tert-OH is 4. The van der Waals surface area contributed by atoms with E-state index in [9.17, 15) is 29.2 Å². The molecule has 4 atom stereocenters. The van der Waals surface area contributed by atoms with Gasteiger partial charge in [-0.25, -0.2) is 48.7 Å². The minimum atomic E-state index is -0.274. The third-order valence-electron chi connectivity index (χ3n) is 20.7. The van der Waals surface area contributed by atoms with Gasteiger partial charge in [0.1, 0.15) is 34.4 Å². The van der Waals surface area contributed by atoms with Gasteiger partial charge in [0.25, 0.3) is 0 Å². The molecule has 16 aromatic rings. The molecule has 0 radical (unpaired) electrons. The highest BCUT2D eigenvalue weighted by Gasteiger charge is 2.21. The molecule has 0 unspecified atom stereocenters. The third kappa shape index (κ3) is 21.5. The molecule has 4 aromatic carbocycles. The molecular weight excluding hydrogens is 1570 g/mol. The lowest BCUT2D eigenvalue weighted by Crippen LogP contribution is -2.11. The molecule has 12 heterocycles. The van der Waals surface area contributed by atoms with E-state index in [0.29, 0.717) is 85.5 Å². The zero-order valence-electron chi connectivity index (χ0n) is 71.4. The van der Waals surface area contributed by atoms with Gasteiger partial charge < -0.3 is 60.0 Å². The smallest absolute Gasteiger partial charge is 0.152 e. The SMILES string of the molecule is Cc1ccc([C@H](C)Nc2nnc(-c3ccc(-n4cnc(C)c4)c(CO)n3)cc2C)cc1.Cc1cn(-c2ccc(-c3cc(C)c(N[C@@H](C)c4ccc(F)c(C)c4)nn3)nc2CO)cn1.Cc1cn(-c2ccc(-c3cc(C)c(N[C@@H](C)c4cccc(F)c4)nn3)nc2CO)cn1.Cc1cn(-c2ccc(-c3cc(C)c(N[C@@H](C)c4ccccc4)nn3)nc2CO)cn1. The average Bonchev–Trinajstić information content (AvgIpc) is 1.45. The fraction of sp³-hybridized carbons (Fsp3) is 0.234. The number of aryl methyl sites for hydroxylation is 10. The van der Waals surface area contributed by atoms with Crippen LogP contribution < -0.4 is 21.3 Å². The normalized spacial score (nSPS) is 12.0. The van der Waals surface area contributed by atoms with Crippen LogP contribution in [0.1, 0.15) is 153 Å². The van der Waals surface area contributed by atoms with Gasteiger partial charge in [-0.1, -0.05) is 84.4 Å². The quantitative estimate of drug-likeness (QED) is 0.0278. The molecule has 0 saturated carbocycles. The summed E-state index contributed by atoms with van der Waals surface area (Å²) in [7, 11) is 0. The second-order valence-corrected chi connectivity index (χ2v) is 30.4. The fourth-order valence-corrected chi connectivity index (χ4v) is 13.6. The summed E-state index contributed by atoms with van der Waals surface area (Å²) in [5.41, 5.74) is 23.7. The third-order valence-corrected chi connectivity index (χ3v) is 20.7. The van der Waals surface area contributed by atoms with Gasteiger partial charge >= 0.3 is 0 Å². The minimum Gasteiger partial charge on any atom is -0.390 e. The number of imidazole rings is 4. The van der Waals surface area contributed by atoms with Crippen molar-refractivity contribution in [1.82, 2.24) is 98.9 Å². The Hall–Kier alpha value is -14.5. The van der Waals surface area contributed by atoms with E-state index in [-0.39, 0.29) is 62.2 Å². The largest absolute Gasteiger partial charge is 0.390 e. The number of benzene rings is 4. The highest BCUT2D eigenvalue weighted by Crippen LogP contribution is 2.32. The second-order valence-electron chi connectivity index (χ2n) is 30.4. The molecule has 0 saturated heterocycles. The first-order valence-corrected chi connectivity index (χ1v) is 40.3. The number of pyridine rings is 4. The van der Waals surface area contributed by atoms with Crippen molar-refractivity contribution in [3.63, 3.8) is 0 Å². The summed E-state index contributed by atoms with van der Waals surface area (Å²) in [6.45, 7) is 26.7. The van der Waals surface area contributed by atoms with Crippen molar-refractivity contribution in [2.75, 3.05) is 21.3 Å². The highest BCUT2D eigenvalue weighted by atomic mass is 19.1. The Kier molecular flexibility index (Phi) is 28.1. The van der Waals surface area contributed by atoms with Gasteiger partial charge in [0, 0.05) is 24.8 Å². The van der Waals surface area contributed by atoms with Crippen LogP contribution in [0.4, 0.5) is 32.1 Å². The number of rotatable bonds is 24. The monoisotopic (exact) mass is 1660 g/mol. The van der Waals surface area contributed by atoms with Crippen LogP contribution in [-0.4, -0.2) is 119 Å². The number of hydrogen-bond donors (Lipinski definition) is 8. The molecule has 0 spiro atoms. The lowest BCUT2D eigenvalue weighted by Gasteiger charge is -2.17. The first kappa shape index (κ1) is 87.4. The van der Waals surface area contributed by atoms with Crippen LogP contribution in [0.3, 0.4) is 0 Å². The fourth-order valence-electron chi connectivity index (χ4n) is 13.6. The number of nitrogens with zero attached hydrogens (tertiary/aromatic N) is 20. The van der Waals surface area contributed by atoms with Crippen molar-refractivity contribution in [3.8, 4) is 68.3 Å². The lowest BCUT2D eigenvalue weighted by molar-refractivity contribution is 0.276. The van der Waals surface area contributed by atoms with E-state index < -0.39 is 0 Å². The van der Waals surface area contributed by atoms with Gasteiger partial charge in [-0.3, -0.25) is 0 Å². The average molecular weight is 1670 g/mol. The Morgan fingerprint density at radius 3 is 0.863 bits per heavy atom. The van der Waals surface area contributed by atoms with E-state index in [4.69, 9.17) is 0 Å². The van der Waals surface area contributed by atoms with E-state index in [1.54, 1.807) is 44.4 Å². The Morgan fingerprint density at radius 1 is 0.290 bits per heavy atom. The summed E-state index contributed by atoms with van der Waals surface area (Å²) in [4.78, 5) is 35.3. The van der Waals surface area contributed by atoms with Crippen molar-refractivity contribution in [2.45, 2.75) is 148 Å². The van der Waals surface area contributed by atoms with Crippen LogP contribution in [0.2, 0.25) is 0 Å². The molecule has 12 aromatic heterocycles. The summed E-state index contributed by atoms with van der Waals surface area (Å²) in [6.07, 6.45) is 14.4. The van der Waals surface area contributed by atoms with Gasteiger partial charge in [-0.05, 0) is 238 Å². The molecule has 632 valence electrons. The molecule has 0 bridgehead atoms. The number of aliphatic hydroxyl groups is 4. The Labute approximate surface area is 717 Å². The number of anilines is 4. The maximum absolute atomic E-state index is 13.6. The van der Waals surface area contributed by atoms with E-state index in [1.165, 1.54) is 34.9 Å². The molecule has 0 aliphatic rings. The van der Waals surface area contributed by atoms with Crippen molar-refractivity contribution < 1.29 is 29.2 Å². The number of hydrogen-bond acceptors (Lipinski definition) is 24. The summed E-state index contributed by atoms with van der Waals surface area (Å²) in [5.74, 6) is 2.26. The molecule has 0 fully saturated rings. The summed E-state index contributed by atoms with van der Waals surface area (Å²) < 4.78 is 34.4. The molecule has 0 aliphatic heterocycles. The molecule has 0 amide bonds. The number of aromatic nitrogens is 20. The zero-order valence-corrected chi connectivity index (χ0v) is 71.4. The maximum Gasteiger partial charge on any atom is 0.152 e. The van der Waals surface area contributed by atoms with Crippen molar-refractivity contribution in [2.24, 2.45) is 0 Å².